The zero-order valence-electron chi connectivity index (χ0n) is 15.1. The minimum atomic E-state index is -0.144. The van der Waals surface area contributed by atoms with E-state index in [0.717, 1.165) is 24.2 Å². The van der Waals surface area contributed by atoms with E-state index in [1.54, 1.807) is 31.4 Å². The number of methoxy groups -OCH3 is 1. The Morgan fingerprint density at radius 3 is 2.54 bits per heavy atom. The first-order valence-corrected chi connectivity index (χ1v) is 8.89. The highest BCUT2D eigenvalue weighted by Crippen LogP contribution is 2.38. The normalized spacial score (nSPS) is 18.1. The lowest BCUT2D eigenvalue weighted by molar-refractivity contribution is -0.117. The molecule has 2 aromatic rings. The predicted octanol–water partition coefficient (Wildman–Crippen LogP) is 3.26. The first kappa shape index (κ1) is 18.0. The van der Waals surface area contributed by atoms with Gasteiger partial charge < -0.3 is 15.4 Å². The highest BCUT2D eigenvalue weighted by molar-refractivity contribution is 5.98. The molecule has 5 heteroatoms. The summed E-state index contributed by atoms with van der Waals surface area (Å²) in [4.78, 5) is 24.3. The smallest absolute Gasteiger partial charge is 0.251 e. The Kier molecular flexibility index (Phi) is 5.56. The Balaban J connectivity index is 1.50. The third-order valence-electron chi connectivity index (χ3n) is 4.70. The highest BCUT2D eigenvalue weighted by atomic mass is 16.5. The zero-order valence-corrected chi connectivity index (χ0v) is 15.1. The number of benzene rings is 2. The number of ether oxygens (including phenoxy) is 1. The molecule has 0 spiro atoms. The number of carbonyl (C=O) groups excluding carboxylic acids is 2. The molecule has 2 atom stereocenters. The SMILES string of the molecule is COc1ccc(CCNC(=O)c2cccc(NC(=O)[C@H]3C[C@H]3C)c2)cc1. The largest absolute Gasteiger partial charge is 0.497 e. The van der Waals surface area contributed by atoms with Crippen molar-refractivity contribution in [1.82, 2.24) is 5.32 Å². The summed E-state index contributed by atoms with van der Waals surface area (Å²) >= 11 is 0. The fraction of sp³-hybridized carbons (Fsp3) is 0.333. The van der Waals surface area contributed by atoms with Gasteiger partial charge in [0.15, 0.2) is 0 Å². The summed E-state index contributed by atoms with van der Waals surface area (Å²) in [5.41, 5.74) is 2.34. The van der Waals surface area contributed by atoms with Gasteiger partial charge in [-0.15, -0.1) is 0 Å². The van der Waals surface area contributed by atoms with Crippen molar-refractivity contribution in [3.63, 3.8) is 0 Å². The monoisotopic (exact) mass is 352 g/mol. The van der Waals surface area contributed by atoms with Gasteiger partial charge in [0.2, 0.25) is 5.91 Å². The van der Waals surface area contributed by atoms with Crippen LogP contribution in [0.4, 0.5) is 5.69 Å². The number of anilines is 1. The molecule has 0 heterocycles. The fourth-order valence-electron chi connectivity index (χ4n) is 2.88. The van der Waals surface area contributed by atoms with Gasteiger partial charge in [0.25, 0.3) is 5.91 Å². The molecule has 26 heavy (non-hydrogen) atoms. The van der Waals surface area contributed by atoms with E-state index < -0.39 is 0 Å². The number of nitrogens with one attached hydrogen (secondary N) is 2. The molecule has 2 N–H and O–H groups in total. The van der Waals surface area contributed by atoms with E-state index in [-0.39, 0.29) is 17.7 Å². The standard InChI is InChI=1S/C21H24N2O3/c1-14-12-19(14)21(25)23-17-5-3-4-16(13-17)20(24)22-11-10-15-6-8-18(26-2)9-7-15/h3-9,13-14,19H,10-12H2,1-2H3,(H,22,24)(H,23,25)/t14-,19+/m1/s1. The van der Waals surface area contributed by atoms with Crippen LogP contribution in [0.25, 0.3) is 0 Å². The van der Waals surface area contributed by atoms with E-state index in [1.807, 2.05) is 24.3 Å². The summed E-state index contributed by atoms with van der Waals surface area (Å²) in [6, 6.07) is 14.8. The van der Waals surface area contributed by atoms with Crippen LogP contribution in [-0.4, -0.2) is 25.5 Å². The average molecular weight is 352 g/mol. The van der Waals surface area contributed by atoms with Crippen LogP contribution in [0.3, 0.4) is 0 Å². The second-order valence-electron chi connectivity index (χ2n) is 6.74. The van der Waals surface area contributed by atoms with E-state index in [0.29, 0.717) is 23.7 Å². The Labute approximate surface area is 153 Å². The van der Waals surface area contributed by atoms with Crippen molar-refractivity contribution in [2.75, 3.05) is 19.0 Å². The molecule has 0 unspecified atom stereocenters. The molecule has 1 saturated carbocycles. The summed E-state index contributed by atoms with van der Waals surface area (Å²) < 4.78 is 5.13. The minimum absolute atomic E-state index is 0.0366. The summed E-state index contributed by atoms with van der Waals surface area (Å²) in [6.07, 6.45) is 1.68. The second kappa shape index (κ2) is 8.04. The van der Waals surface area contributed by atoms with Crippen LogP contribution < -0.4 is 15.4 Å². The van der Waals surface area contributed by atoms with Gasteiger partial charge in [0, 0.05) is 23.7 Å². The van der Waals surface area contributed by atoms with Crippen molar-refractivity contribution in [1.29, 1.82) is 0 Å². The summed E-state index contributed by atoms with van der Waals surface area (Å²) in [5.74, 6) is 1.28. The van der Waals surface area contributed by atoms with Crippen LogP contribution in [0.2, 0.25) is 0 Å². The lowest BCUT2D eigenvalue weighted by Gasteiger charge is -2.09. The average Bonchev–Trinajstić information content (AvgIpc) is 3.39. The molecule has 0 bridgehead atoms. The molecule has 3 rings (SSSR count). The van der Waals surface area contributed by atoms with Crippen LogP contribution in [-0.2, 0) is 11.2 Å². The Morgan fingerprint density at radius 2 is 1.88 bits per heavy atom. The van der Waals surface area contributed by atoms with E-state index in [2.05, 4.69) is 17.6 Å². The van der Waals surface area contributed by atoms with Gasteiger partial charge in [0.1, 0.15) is 5.75 Å². The van der Waals surface area contributed by atoms with Crippen molar-refractivity contribution in [3.05, 3.63) is 59.7 Å². The number of amides is 2. The van der Waals surface area contributed by atoms with Gasteiger partial charge in [-0.3, -0.25) is 9.59 Å². The maximum atomic E-state index is 12.3. The van der Waals surface area contributed by atoms with Crippen LogP contribution in [0.1, 0.15) is 29.3 Å². The molecule has 0 radical (unpaired) electrons. The Morgan fingerprint density at radius 1 is 1.15 bits per heavy atom. The molecular formula is C21H24N2O3. The topological polar surface area (TPSA) is 67.4 Å². The maximum absolute atomic E-state index is 12.3. The summed E-state index contributed by atoms with van der Waals surface area (Å²) in [5, 5.41) is 5.81. The molecule has 0 aromatic heterocycles. The van der Waals surface area contributed by atoms with Crippen LogP contribution >= 0.6 is 0 Å². The lowest BCUT2D eigenvalue weighted by Crippen LogP contribution is -2.25. The molecule has 1 aliphatic rings. The molecular weight excluding hydrogens is 328 g/mol. The first-order valence-electron chi connectivity index (χ1n) is 8.89. The van der Waals surface area contributed by atoms with E-state index >= 15 is 0 Å². The van der Waals surface area contributed by atoms with Crippen LogP contribution in [0.15, 0.2) is 48.5 Å². The highest BCUT2D eigenvalue weighted by Gasteiger charge is 2.39. The van der Waals surface area contributed by atoms with Crippen molar-refractivity contribution in [2.45, 2.75) is 19.8 Å². The van der Waals surface area contributed by atoms with Gasteiger partial charge in [-0.2, -0.15) is 0 Å². The quantitative estimate of drug-likeness (QED) is 0.804. The van der Waals surface area contributed by atoms with Crippen molar-refractivity contribution < 1.29 is 14.3 Å². The fourth-order valence-corrected chi connectivity index (χ4v) is 2.88. The predicted molar refractivity (Wildman–Crippen MR) is 101 cm³/mol. The molecule has 0 aliphatic heterocycles. The van der Waals surface area contributed by atoms with E-state index in [4.69, 9.17) is 4.74 Å². The minimum Gasteiger partial charge on any atom is -0.497 e. The molecule has 5 nitrogen and oxygen atoms in total. The molecule has 2 aromatic carbocycles. The summed E-state index contributed by atoms with van der Waals surface area (Å²) in [7, 11) is 1.64. The van der Waals surface area contributed by atoms with Crippen LogP contribution in [0, 0.1) is 11.8 Å². The molecule has 1 fully saturated rings. The molecule has 0 saturated heterocycles. The third kappa shape index (κ3) is 4.63. The van der Waals surface area contributed by atoms with E-state index in [9.17, 15) is 9.59 Å². The number of carbonyl (C=O) groups is 2. The van der Waals surface area contributed by atoms with Gasteiger partial charge in [0.05, 0.1) is 7.11 Å². The van der Waals surface area contributed by atoms with Crippen molar-refractivity contribution in [3.8, 4) is 5.75 Å². The second-order valence-corrected chi connectivity index (χ2v) is 6.74. The van der Waals surface area contributed by atoms with Crippen LogP contribution in [0.5, 0.6) is 5.75 Å². The van der Waals surface area contributed by atoms with Gasteiger partial charge in [-0.05, 0) is 54.7 Å². The Bertz CT molecular complexity index is 786. The maximum Gasteiger partial charge on any atom is 0.251 e. The third-order valence-corrected chi connectivity index (χ3v) is 4.70. The number of hydrogen-bond donors (Lipinski definition) is 2. The molecule has 1 aliphatic carbocycles. The van der Waals surface area contributed by atoms with Crippen molar-refractivity contribution in [2.24, 2.45) is 11.8 Å². The van der Waals surface area contributed by atoms with Gasteiger partial charge in [-0.1, -0.05) is 25.1 Å². The van der Waals surface area contributed by atoms with E-state index in [1.165, 1.54) is 0 Å². The molecule has 2 amide bonds. The van der Waals surface area contributed by atoms with Crippen molar-refractivity contribution >= 4 is 17.5 Å². The van der Waals surface area contributed by atoms with Gasteiger partial charge in [-0.25, -0.2) is 0 Å². The zero-order chi connectivity index (χ0) is 18.5. The lowest BCUT2D eigenvalue weighted by atomic mass is 10.1. The Hall–Kier alpha value is -2.82. The first-order chi connectivity index (χ1) is 12.6. The number of hydrogen-bond acceptors (Lipinski definition) is 3. The number of rotatable bonds is 7. The summed E-state index contributed by atoms with van der Waals surface area (Å²) in [6.45, 7) is 2.61. The molecule has 136 valence electrons. The van der Waals surface area contributed by atoms with Gasteiger partial charge >= 0.3 is 0 Å².